The maximum Gasteiger partial charge on any atom is 0.238 e. The molecule has 8 nitrogen and oxygen atoms in total. The van der Waals surface area contributed by atoms with Crippen molar-refractivity contribution in [3.8, 4) is 12.1 Å². The van der Waals surface area contributed by atoms with Crippen molar-refractivity contribution in [3.63, 3.8) is 0 Å². The van der Waals surface area contributed by atoms with Gasteiger partial charge in [-0.05, 0) is 11.6 Å². The van der Waals surface area contributed by atoms with E-state index in [4.69, 9.17) is 11.5 Å². The van der Waals surface area contributed by atoms with Gasteiger partial charge in [-0.3, -0.25) is 14.4 Å². The van der Waals surface area contributed by atoms with Crippen LogP contribution < -0.4 is 16.8 Å². The number of nitriles is 2. The summed E-state index contributed by atoms with van der Waals surface area (Å²) in [5.74, 6) is -6.49. The smallest absolute Gasteiger partial charge is 0.238 e. The minimum Gasteiger partial charge on any atom is -0.368 e. The molecule has 2 atom stereocenters. The molecule has 0 fully saturated rings. The molecule has 1 heterocycles. The van der Waals surface area contributed by atoms with E-state index in [2.05, 4.69) is 5.32 Å². The Bertz CT molecular complexity index is 726. The van der Waals surface area contributed by atoms with Crippen molar-refractivity contribution in [2.45, 2.75) is 5.41 Å². The molecule has 0 unspecified atom stereocenters. The summed E-state index contributed by atoms with van der Waals surface area (Å²) in [6.45, 7) is 0. The number of para-hydroxylation sites is 1. The van der Waals surface area contributed by atoms with Gasteiger partial charge in [0, 0.05) is 5.69 Å². The third kappa shape index (κ3) is 1.79. The topological polar surface area (TPSA) is 163 Å². The molecule has 110 valence electrons. The molecule has 1 aliphatic heterocycles. The number of carbonyl (C=O) groups excluding carboxylic acids is 3. The molecule has 3 amide bonds. The zero-order valence-electron chi connectivity index (χ0n) is 11.2. The highest BCUT2D eigenvalue weighted by Crippen LogP contribution is 2.47. The van der Waals surface area contributed by atoms with Crippen LogP contribution in [-0.4, -0.2) is 17.7 Å². The molecule has 0 aromatic heterocycles. The van der Waals surface area contributed by atoms with Crippen molar-refractivity contribution >= 4 is 23.4 Å². The first-order chi connectivity index (χ1) is 10.4. The fourth-order valence-corrected chi connectivity index (χ4v) is 2.82. The standard InChI is InChI=1S/C14H11N5O3/c15-5-8(11(17)20)14(9(6-16)12(18)21)7-3-1-2-4-10(7)19-13(14)22/h1-4,8-9H,(H2,17,20)(H2,18,21)(H,19,22)/t8-,9-/m0/s1. The lowest BCUT2D eigenvalue weighted by molar-refractivity contribution is -0.135. The Morgan fingerprint density at radius 3 is 2.05 bits per heavy atom. The number of carbonyl (C=O) groups is 3. The Balaban J connectivity index is 2.87. The van der Waals surface area contributed by atoms with Crippen molar-refractivity contribution in [2.24, 2.45) is 23.3 Å². The van der Waals surface area contributed by atoms with E-state index in [-0.39, 0.29) is 5.56 Å². The largest absolute Gasteiger partial charge is 0.368 e. The first kappa shape index (κ1) is 15.0. The Hall–Kier alpha value is -3.39. The van der Waals surface area contributed by atoms with E-state index in [0.717, 1.165) is 0 Å². The maximum absolute atomic E-state index is 12.5. The molecule has 0 radical (unpaired) electrons. The number of benzene rings is 1. The van der Waals surface area contributed by atoms with Gasteiger partial charge in [-0.15, -0.1) is 0 Å². The molecule has 2 rings (SSSR count). The van der Waals surface area contributed by atoms with E-state index >= 15 is 0 Å². The quantitative estimate of drug-likeness (QED) is 0.656. The van der Waals surface area contributed by atoms with Gasteiger partial charge >= 0.3 is 0 Å². The Kier molecular flexibility index (Phi) is 3.54. The van der Waals surface area contributed by atoms with Gasteiger partial charge in [0.25, 0.3) is 0 Å². The van der Waals surface area contributed by atoms with Crippen LogP contribution in [0.3, 0.4) is 0 Å². The number of fused-ring (bicyclic) bond motifs is 1. The summed E-state index contributed by atoms with van der Waals surface area (Å²) in [4.78, 5) is 35.9. The minimum absolute atomic E-state index is 0.177. The number of amides is 3. The second-order valence-corrected chi connectivity index (χ2v) is 4.80. The summed E-state index contributed by atoms with van der Waals surface area (Å²) in [5.41, 5.74) is 8.86. The third-order valence-corrected chi connectivity index (χ3v) is 3.73. The van der Waals surface area contributed by atoms with Gasteiger partial charge < -0.3 is 16.8 Å². The molecule has 0 spiro atoms. The summed E-state index contributed by atoms with van der Waals surface area (Å²) >= 11 is 0. The molecule has 5 N–H and O–H groups in total. The highest BCUT2D eigenvalue weighted by Gasteiger charge is 2.61. The lowest BCUT2D eigenvalue weighted by atomic mass is 9.63. The lowest BCUT2D eigenvalue weighted by Crippen LogP contribution is -2.55. The van der Waals surface area contributed by atoms with Gasteiger partial charge in [0.1, 0.15) is 17.3 Å². The number of anilines is 1. The van der Waals surface area contributed by atoms with E-state index in [1.165, 1.54) is 12.1 Å². The number of hydrogen-bond donors (Lipinski definition) is 3. The Morgan fingerprint density at radius 2 is 1.59 bits per heavy atom. The van der Waals surface area contributed by atoms with E-state index in [0.29, 0.717) is 5.69 Å². The molecular weight excluding hydrogens is 286 g/mol. The van der Waals surface area contributed by atoms with Gasteiger partial charge in [0.15, 0.2) is 0 Å². The number of nitrogens with one attached hydrogen (secondary N) is 1. The average molecular weight is 297 g/mol. The van der Waals surface area contributed by atoms with Crippen LogP contribution in [0.5, 0.6) is 0 Å². The molecule has 0 saturated carbocycles. The predicted octanol–water partition coefficient (Wildman–Crippen LogP) is -0.873. The molecule has 8 heteroatoms. The predicted molar refractivity (Wildman–Crippen MR) is 73.3 cm³/mol. The average Bonchev–Trinajstić information content (AvgIpc) is 2.74. The SMILES string of the molecule is N#C[C@@H](C(N)=O)C1([C@@H](C#N)C(N)=O)C(=O)Nc2ccccc21. The minimum atomic E-state index is -2.06. The van der Waals surface area contributed by atoms with Crippen LogP contribution in [0.2, 0.25) is 0 Å². The monoisotopic (exact) mass is 297 g/mol. The van der Waals surface area contributed by atoms with E-state index in [1.807, 2.05) is 0 Å². The van der Waals surface area contributed by atoms with Crippen LogP contribution in [0.15, 0.2) is 24.3 Å². The highest BCUT2D eigenvalue weighted by molar-refractivity contribution is 6.12. The Morgan fingerprint density at radius 1 is 1.09 bits per heavy atom. The van der Waals surface area contributed by atoms with Crippen LogP contribution >= 0.6 is 0 Å². The van der Waals surface area contributed by atoms with Crippen LogP contribution in [-0.2, 0) is 19.8 Å². The zero-order chi connectivity index (χ0) is 16.5. The summed E-state index contributed by atoms with van der Waals surface area (Å²) in [5, 5.41) is 21.1. The van der Waals surface area contributed by atoms with Gasteiger partial charge in [0.2, 0.25) is 17.7 Å². The Labute approximate surface area is 125 Å². The maximum atomic E-state index is 12.5. The summed E-state index contributed by atoms with van der Waals surface area (Å²) in [7, 11) is 0. The van der Waals surface area contributed by atoms with Crippen molar-refractivity contribution < 1.29 is 14.4 Å². The van der Waals surface area contributed by atoms with E-state index in [1.54, 1.807) is 24.3 Å². The fraction of sp³-hybridized carbons (Fsp3) is 0.214. The third-order valence-electron chi connectivity index (χ3n) is 3.73. The van der Waals surface area contributed by atoms with Gasteiger partial charge in [-0.1, -0.05) is 18.2 Å². The van der Waals surface area contributed by atoms with Crippen molar-refractivity contribution in [3.05, 3.63) is 29.8 Å². The molecule has 1 aliphatic rings. The van der Waals surface area contributed by atoms with Gasteiger partial charge in [-0.2, -0.15) is 10.5 Å². The first-order valence-corrected chi connectivity index (χ1v) is 6.20. The molecule has 1 aromatic rings. The number of nitrogens with zero attached hydrogens (tertiary/aromatic N) is 2. The second kappa shape index (κ2) is 5.19. The molecule has 0 aliphatic carbocycles. The number of rotatable bonds is 4. The fourth-order valence-electron chi connectivity index (χ4n) is 2.82. The highest BCUT2D eigenvalue weighted by atomic mass is 16.2. The van der Waals surface area contributed by atoms with Gasteiger partial charge in [0.05, 0.1) is 12.1 Å². The van der Waals surface area contributed by atoms with Crippen LogP contribution in [0.1, 0.15) is 5.56 Å². The summed E-state index contributed by atoms with van der Waals surface area (Å²) < 4.78 is 0. The van der Waals surface area contributed by atoms with Crippen LogP contribution in [0.4, 0.5) is 5.69 Å². The zero-order valence-corrected chi connectivity index (χ0v) is 11.2. The molecular formula is C14H11N5O3. The number of hydrogen-bond acceptors (Lipinski definition) is 5. The molecule has 1 aromatic carbocycles. The summed E-state index contributed by atoms with van der Waals surface area (Å²) in [6, 6.07) is 9.41. The number of primary amides is 2. The second-order valence-electron chi connectivity index (χ2n) is 4.80. The lowest BCUT2D eigenvalue weighted by Gasteiger charge is -2.32. The normalized spacial score (nSPS) is 17.3. The number of nitrogens with two attached hydrogens (primary N) is 2. The summed E-state index contributed by atoms with van der Waals surface area (Å²) in [6.07, 6.45) is 0. The van der Waals surface area contributed by atoms with Gasteiger partial charge in [-0.25, -0.2) is 0 Å². The van der Waals surface area contributed by atoms with Crippen molar-refractivity contribution in [2.75, 3.05) is 5.32 Å². The van der Waals surface area contributed by atoms with Crippen LogP contribution in [0, 0.1) is 34.5 Å². The van der Waals surface area contributed by atoms with Crippen molar-refractivity contribution in [1.82, 2.24) is 0 Å². The van der Waals surface area contributed by atoms with Crippen LogP contribution in [0.25, 0.3) is 0 Å². The molecule has 0 saturated heterocycles. The van der Waals surface area contributed by atoms with Crippen molar-refractivity contribution in [1.29, 1.82) is 10.5 Å². The van der Waals surface area contributed by atoms with E-state index < -0.39 is 35.0 Å². The molecule has 22 heavy (non-hydrogen) atoms. The first-order valence-electron chi connectivity index (χ1n) is 6.20. The molecule has 0 bridgehead atoms. The van der Waals surface area contributed by atoms with E-state index in [9.17, 15) is 24.9 Å².